The van der Waals surface area contributed by atoms with E-state index in [0.29, 0.717) is 5.69 Å². The third-order valence-corrected chi connectivity index (χ3v) is 2.60. The largest absolute Gasteiger partial charge is 0.321 e. The average Bonchev–Trinajstić information content (AvgIpc) is 2.91. The molecule has 18 heavy (non-hydrogen) atoms. The smallest absolute Gasteiger partial charge is 0.272 e. The van der Waals surface area contributed by atoms with Crippen LogP contribution in [0, 0.1) is 0 Å². The molecule has 1 aliphatic heterocycles. The topological polar surface area (TPSA) is 90.1 Å². The van der Waals surface area contributed by atoms with Crippen molar-refractivity contribution >= 4 is 16.8 Å². The highest BCUT2D eigenvalue weighted by molar-refractivity contribution is 5.94. The number of pyridine rings is 1. The number of rotatable bonds is 2. The van der Waals surface area contributed by atoms with Gasteiger partial charge in [0.25, 0.3) is 5.91 Å². The molecule has 2 aromatic rings. The predicted octanol–water partition coefficient (Wildman–Crippen LogP) is -0.635. The van der Waals surface area contributed by atoms with Crippen LogP contribution in [0.2, 0.25) is 0 Å². The van der Waals surface area contributed by atoms with Gasteiger partial charge in [0.15, 0.2) is 6.29 Å². The summed E-state index contributed by atoms with van der Waals surface area (Å²) in [6.07, 6.45) is -0.384. The minimum atomic E-state index is -0.384. The summed E-state index contributed by atoms with van der Waals surface area (Å²) in [5.41, 5.74) is 11.9. The van der Waals surface area contributed by atoms with Crippen molar-refractivity contribution in [3.05, 3.63) is 42.1 Å². The van der Waals surface area contributed by atoms with Crippen LogP contribution in [0.15, 0.2) is 36.4 Å². The normalized spacial score (nSPS) is 16.0. The number of carbonyl (C=O) groups is 1. The van der Waals surface area contributed by atoms with Crippen LogP contribution in [0.5, 0.6) is 0 Å². The van der Waals surface area contributed by atoms with Gasteiger partial charge in [-0.1, -0.05) is 24.3 Å². The zero-order valence-electron chi connectivity index (χ0n) is 9.40. The molecular weight excluding hydrogens is 232 g/mol. The Morgan fingerprint density at radius 3 is 2.72 bits per heavy atom. The number of hydrazine groups is 3. The number of nitrogens with zero attached hydrogens (tertiary/aromatic N) is 1. The molecule has 1 saturated heterocycles. The number of hydrogen-bond donors (Lipinski definition) is 5. The van der Waals surface area contributed by atoms with Crippen molar-refractivity contribution in [3.63, 3.8) is 0 Å². The van der Waals surface area contributed by atoms with Gasteiger partial charge in [0, 0.05) is 5.39 Å². The second-order valence-corrected chi connectivity index (χ2v) is 3.83. The van der Waals surface area contributed by atoms with E-state index >= 15 is 0 Å². The van der Waals surface area contributed by atoms with Gasteiger partial charge in [0.2, 0.25) is 0 Å². The Balaban J connectivity index is 1.82. The maximum absolute atomic E-state index is 11.9. The van der Waals surface area contributed by atoms with E-state index in [0.717, 1.165) is 10.9 Å². The van der Waals surface area contributed by atoms with Crippen LogP contribution >= 0.6 is 0 Å². The Bertz CT molecular complexity index is 581. The number of fused-ring (bicyclic) bond motifs is 1. The van der Waals surface area contributed by atoms with E-state index in [2.05, 4.69) is 32.2 Å². The molecule has 1 fully saturated rings. The van der Waals surface area contributed by atoms with Crippen LogP contribution in [0.3, 0.4) is 0 Å². The Morgan fingerprint density at radius 1 is 1.11 bits per heavy atom. The molecule has 5 N–H and O–H groups in total. The zero-order valence-corrected chi connectivity index (χ0v) is 9.40. The Morgan fingerprint density at radius 2 is 1.89 bits per heavy atom. The van der Waals surface area contributed by atoms with E-state index in [4.69, 9.17) is 0 Å². The van der Waals surface area contributed by atoms with Gasteiger partial charge in [-0.15, -0.1) is 0 Å². The molecule has 1 aromatic carbocycles. The van der Waals surface area contributed by atoms with E-state index in [1.54, 1.807) is 6.07 Å². The van der Waals surface area contributed by atoms with Crippen LogP contribution in [-0.4, -0.2) is 17.2 Å². The molecular formula is C11H12N6O. The first kappa shape index (κ1) is 11.1. The van der Waals surface area contributed by atoms with Crippen molar-refractivity contribution < 1.29 is 4.79 Å². The molecule has 1 aliphatic rings. The SMILES string of the molecule is O=C(NC1NNNN1)c1ccc2ccccc2n1. The Kier molecular flexibility index (Phi) is 2.87. The van der Waals surface area contributed by atoms with Crippen LogP contribution in [0.25, 0.3) is 10.9 Å². The number of para-hydroxylation sites is 1. The van der Waals surface area contributed by atoms with Crippen molar-refractivity contribution in [1.29, 1.82) is 0 Å². The summed E-state index contributed by atoms with van der Waals surface area (Å²) in [4.78, 5) is 16.2. The highest BCUT2D eigenvalue weighted by Crippen LogP contribution is 2.11. The summed E-state index contributed by atoms with van der Waals surface area (Å²) < 4.78 is 0. The minimum absolute atomic E-state index is 0.253. The van der Waals surface area contributed by atoms with Crippen LogP contribution in [-0.2, 0) is 0 Å². The number of aromatic nitrogens is 1. The lowest BCUT2D eigenvalue weighted by Gasteiger charge is -2.10. The highest BCUT2D eigenvalue weighted by atomic mass is 16.2. The van der Waals surface area contributed by atoms with Crippen LogP contribution in [0.4, 0.5) is 0 Å². The monoisotopic (exact) mass is 244 g/mol. The predicted molar refractivity (Wildman–Crippen MR) is 65.5 cm³/mol. The number of benzene rings is 1. The number of amides is 1. The fourth-order valence-electron chi connectivity index (χ4n) is 1.72. The molecule has 2 heterocycles. The zero-order chi connectivity index (χ0) is 12.4. The molecule has 0 bridgehead atoms. The van der Waals surface area contributed by atoms with Gasteiger partial charge >= 0.3 is 0 Å². The van der Waals surface area contributed by atoms with E-state index < -0.39 is 0 Å². The van der Waals surface area contributed by atoms with E-state index in [-0.39, 0.29) is 12.2 Å². The third kappa shape index (κ3) is 2.15. The summed E-state index contributed by atoms with van der Waals surface area (Å²) in [6.45, 7) is 0. The van der Waals surface area contributed by atoms with Crippen LogP contribution in [0.1, 0.15) is 10.5 Å². The lowest BCUT2D eigenvalue weighted by molar-refractivity contribution is 0.0922. The molecule has 0 unspecified atom stereocenters. The summed E-state index contributed by atoms with van der Waals surface area (Å²) in [5, 5.41) is 3.72. The Hall–Kier alpha value is -2.06. The average molecular weight is 244 g/mol. The molecule has 7 heteroatoms. The molecule has 0 atom stereocenters. The number of carbonyl (C=O) groups excluding carboxylic acids is 1. The molecule has 7 nitrogen and oxygen atoms in total. The minimum Gasteiger partial charge on any atom is -0.321 e. The molecule has 0 saturated carbocycles. The first-order valence-electron chi connectivity index (χ1n) is 5.51. The summed E-state index contributed by atoms with van der Waals surface area (Å²) in [5.74, 6) is -0.253. The van der Waals surface area contributed by atoms with Gasteiger partial charge in [-0.3, -0.25) is 4.79 Å². The molecule has 1 aromatic heterocycles. The van der Waals surface area contributed by atoms with E-state index in [1.807, 2.05) is 30.3 Å². The lowest BCUT2D eigenvalue weighted by atomic mass is 10.2. The van der Waals surface area contributed by atoms with Crippen molar-refractivity contribution in [2.45, 2.75) is 6.29 Å². The fraction of sp³-hybridized carbons (Fsp3) is 0.0909. The van der Waals surface area contributed by atoms with Crippen molar-refractivity contribution in [2.24, 2.45) is 0 Å². The lowest BCUT2D eigenvalue weighted by Crippen LogP contribution is -2.49. The maximum Gasteiger partial charge on any atom is 0.272 e. The van der Waals surface area contributed by atoms with E-state index in [1.165, 1.54) is 0 Å². The number of nitrogens with one attached hydrogen (secondary N) is 5. The second-order valence-electron chi connectivity index (χ2n) is 3.83. The van der Waals surface area contributed by atoms with Gasteiger partial charge in [-0.05, 0) is 12.1 Å². The first-order valence-corrected chi connectivity index (χ1v) is 5.51. The van der Waals surface area contributed by atoms with Gasteiger partial charge in [0.1, 0.15) is 5.69 Å². The fourth-order valence-corrected chi connectivity index (χ4v) is 1.72. The maximum atomic E-state index is 11.9. The Labute approximate surface area is 103 Å². The third-order valence-electron chi connectivity index (χ3n) is 2.60. The second kappa shape index (κ2) is 4.67. The van der Waals surface area contributed by atoms with Crippen molar-refractivity contribution in [1.82, 2.24) is 32.2 Å². The molecule has 0 radical (unpaired) electrons. The molecule has 3 rings (SSSR count). The summed E-state index contributed by atoms with van der Waals surface area (Å²) in [7, 11) is 0. The molecule has 92 valence electrons. The summed E-state index contributed by atoms with van der Waals surface area (Å²) >= 11 is 0. The van der Waals surface area contributed by atoms with Gasteiger partial charge in [-0.25, -0.2) is 15.8 Å². The van der Waals surface area contributed by atoms with Gasteiger partial charge in [-0.2, -0.15) is 11.1 Å². The highest BCUT2D eigenvalue weighted by Gasteiger charge is 2.16. The first-order chi connectivity index (χ1) is 8.83. The molecule has 0 aliphatic carbocycles. The van der Waals surface area contributed by atoms with Crippen molar-refractivity contribution in [3.8, 4) is 0 Å². The van der Waals surface area contributed by atoms with Gasteiger partial charge < -0.3 is 5.32 Å². The molecule has 1 amide bonds. The van der Waals surface area contributed by atoms with Crippen molar-refractivity contribution in [2.75, 3.05) is 0 Å². The van der Waals surface area contributed by atoms with Crippen LogP contribution < -0.4 is 27.2 Å². The van der Waals surface area contributed by atoms with E-state index in [9.17, 15) is 4.79 Å². The summed E-state index contributed by atoms with van der Waals surface area (Å²) in [6, 6.07) is 11.2. The quantitative estimate of drug-likeness (QED) is 0.483. The number of hydrogen-bond acceptors (Lipinski definition) is 6. The molecule has 0 spiro atoms. The standard InChI is InChI=1S/C11H12N6O/c18-10(13-11-14-16-17-15-11)9-6-5-7-3-1-2-4-8(7)12-9/h1-6,11,14-17H,(H,13,18). The van der Waals surface area contributed by atoms with Gasteiger partial charge in [0.05, 0.1) is 5.52 Å².